The molecule has 1 aliphatic rings. The van der Waals surface area contributed by atoms with Gasteiger partial charge in [0, 0.05) is 12.1 Å². The predicted molar refractivity (Wildman–Crippen MR) is 46.4 cm³/mol. The second-order valence-corrected chi connectivity index (χ2v) is 3.93. The first kappa shape index (κ1) is 9.01. The third-order valence-electron chi connectivity index (χ3n) is 2.93. The van der Waals surface area contributed by atoms with Crippen molar-refractivity contribution in [2.45, 2.75) is 39.3 Å². The van der Waals surface area contributed by atoms with Gasteiger partial charge in [-0.25, -0.2) is 0 Å². The molecular formula is C9H19NO. The van der Waals surface area contributed by atoms with Crippen LogP contribution in [0.4, 0.5) is 0 Å². The number of hydrogen-bond donors (Lipinski definition) is 2. The molecule has 1 saturated carbocycles. The van der Waals surface area contributed by atoms with Gasteiger partial charge in [-0.05, 0) is 25.2 Å². The largest absolute Gasteiger partial charge is 0.395 e. The summed E-state index contributed by atoms with van der Waals surface area (Å²) in [6, 6.07) is 0.905. The van der Waals surface area contributed by atoms with E-state index in [4.69, 9.17) is 5.11 Å². The van der Waals surface area contributed by atoms with Crippen LogP contribution in [0.15, 0.2) is 0 Å². The molecule has 2 nitrogen and oxygen atoms in total. The molecule has 11 heavy (non-hydrogen) atoms. The third-order valence-corrected chi connectivity index (χ3v) is 2.93. The number of rotatable bonds is 3. The smallest absolute Gasteiger partial charge is 0.0582 e. The SMILES string of the molecule is CC1CC(N[C@H](C)CO)C1C. The number of aliphatic hydroxyl groups excluding tert-OH is 1. The summed E-state index contributed by atoms with van der Waals surface area (Å²) in [5.74, 6) is 1.64. The molecule has 0 saturated heterocycles. The highest BCUT2D eigenvalue weighted by atomic mass is 16.3. The maximum absolute atomic E-state index is 8.79. The van der Waals surface area contributed by atoms with Crippen LogP contribution in [-0.2, 0) is 0 Å². The van der Waals surface area contributed by atoms with Gasteiger partial charge < -0.3 is 10.4 Å². The fourth-order valence-electron chi connectivity index (χ4n) is 1.67. The minimum Gasteiger partial charge on any atom is -0.395 e. The molecule has 4 atom stereocenters. The van der Waals surface area contributed by atoms with Crippen molar-refractivity contribution in [3.63, 3.8) is 0 Å². The van der Waals surface area contributed by atoms with Crippen LogP contribution >= 0.6 is 0 Å². The molecule has 0 aromatic carbocycles. The zero-order valence-corrected chi connectivity index (χ0v) is 7.67. The van der Waals surface area contributed by atoms with Crippen LogP contribution in [0.25, 0.3) is 0 Å². The Morgan fingerprint density at radius 2 is 2.18 bits per heavy atom. The molecule has 1 aliphatic carbocycles. The van der Waals surface area contributed by atoms with E-state index in [1.54, 1.807) is 0 Å². The molecule has 1 rings (SSSR count). The van der Waals surface area contributed by atoms with E-state index in [1.165, 1.54) is 6.42 Å². The average molecular weight is 157 g/mol. The van der Waals surface area contributed by atoms with Gasteiger partial charge in [0.05, 0.1) is 6.61 Å². The van der Waals surface area contributed by atoms with Crippen LogP contribution in [0.2, 0.25) is 0 Å². The van der Waals surface area contributed by atoms with Crippen molar-refractivity contribution in [3.8, 4) is 0 Å². The quantitative estimate of drug-likeness (QED) is 0.640. The van der Waals surface area contributed by atoms with Crippen LogP contribution in [0.3, 0.4) is 0 Å². The zero-order valence-electron chi connectivity index (χ0n) is 7.67. The summed E-state index contributed by atoms with van der Waals surface area (Å²) >= 11 is 0. The first-order valence-electron chi connectivity index (χ1n) is 4.52. The summed E-state index contributed by atoms with van der Waals surface area (Å²) in [4.78, 5) is 0. The lowest BCUT2D eigenvalue weighted by Crippen LogP contribution is -2.51. The molecule has 2 heteroatoms. The first-order valence-corrected chi connectivity index (χ1v) is 4.52. The maximum atomic E-state index is 8.79. The molecule has 0 heterocycles. The third kappa shape index (κ3) is 1.94. The van der Waals surface area contributed by atoms with Crippen molar-refractivity contribution < 1.29 is 5.11 Å². The van der Waals surface area contributed by atoms with Crippen molar-refractivity contribution in [1.82, 2.24) is 5.32 Å². The Morgan fingerprint density at radius 3 is 2.55 bits per heavy atom. The van der Waals surface area contributed by atoms with Crippen molar-refractivity contribution in [2.75, 3.05) is 6.61 Å². The average Bonchev–Trinajstić information content (AvgIpc) is 2.03. The Morgan fingerprint density at radius 1 is 1.55 bits per heavy atom. The fraction of sp³-hybridized carbons (Fsp3) is 1.00. The lowest BCUT2D eigenvalue weighted by Gasteiger charge is -2.42. The summed E-state index contributed by atoms with van der Waals surface area (Å²) in [5, 5.41) is 12.2. The Bertz CT molecular complexity index is 127. The second kappa shape index (κ2) is 3.55. The molecule has 1 fully saturated rings. The number of nitrogens with one attached hydrogen (secondary N) is 1. The van der Waals surface area contributed by atoms with Gasteiger partial charge in [0.2, 0.25) is 0 Å². The van der Waals surface area contributed by atoms with Crippen molar-refractivity contribution >= 4 is 0 Å². The van der Waals surface area contributed by atoms with Gasteiger partial charge in [0.15, 0.2) is 0 Å². The van der Waals surface area contributed by atoms with E-state index in [9.17, 15) is 0 Å². The van der Waals surface area contributed by atoms with Crippen LogP contribution in [-0.4, -0.2) is 23.8 Å². The fourth-order valence-corrected chi connectivity index (χ4v) is 1.67. The summed E-state index contributed by atoms with van der Waals surface area (Å²) < 4.78 is 0. The van der Waals surface area contributed by atoms with Gasteiger partial charge >= 0.3 is 0 Å². The van der Waals surface area contributed by atoms with Crippen molar-refractivity contribution in [3.05, 3.63) is 0 Å². The summed E-state index contributed by atoms with van der Waals surface area (Å²) in [5.41, 5.74) is 0. The molecule has 3 unspecified atom stereocenters. The molecule has 0 bridgehead atoms. The Labute approximate surface area is 69.0 Å². The van der Waals surface area contributed by atoms with Gasteiger partial charge in [-0.3, -0.25) is 0 Å². The van der Waals surface area contributed by atoms with Gasteiger partial charge in [-0.2, -0.15) is 0 Å². The lowest BCUT2D eigenvalue weighted by atomic mass is 9.71. The topological polar surface area (TPSA) is 32.3 Å². The van der Waals surface area contributed by atoms with E-state index in [-0.39, 0.29) is 12.6 Å². The van der Waals surface area contributed by atoms with E-state index >= 15 is 0 Å². The minimum atomic E-state index is 0.248. The molecule has 2 N–H and O–H groups in total. The summed E-state index contributed by atoms with van der Waals surface area (Å²) in [6.07, 6.45) is 1.27. The van der Waals surface area contributed by atoms with Gasteiger partial charge in [-0.15, -0.1) is 0 Å². The molecular weight excluding hydrogens is 138 g/mol. The Kier molecular flexibility index (Phi) is 2.90. The van der Waals surface area contributed by atoms with Crippen LogP contribution in [0, 0.1) is 11.8 Å². The molecule has 0 aromatic heterocycles. The normalized spacial score (nSPS) is 39.8. The highest BCUT2D eigenvalue weighted by molar-refractivity contribution is 4.90. The molecule has 0 aromatic rings. The van der Waals surface area contributed by atoms with E-state index in [0.29, 0.717) is 6.04 Å². The van der Waals surface area contributed by atoms with Crippen LogP contribution < -0.4 is 5.32 Å². The predicted octanol–water partition coefficient (Wildman–Crippen LogP) is 1.00. The summed E-state index contributed by atoms with van der Waals surface area (Å²) in [6.45, 7) is 6.83. The van der Waals surface area contributed by atoms with E-state index in [2.05, 4.69) is 19.2 Å². The van der Waals surface area contributed by atoms with Crippen molar-refractivity contribution in [2.24, 2.45) is 11.8 Å². The van der Waals surface area contributed by atoms with E-state index < -0.39 is 0 Å². The monoisotopic (exact) mass is 157 g/mol. The highest BCUT2D eigenvalue weighted by Gasteiger charge is 2.34. The first-order chi connectivity index (χ1) is 5.15. The van der Waals surface area contributed by atoms with Crippen molar-refractivity contribution in [1.29, 1.82) is 0 Å². The van der Waals surface area contributed by atoms with Gasteiger partial charge in [-0.1, -0.05) is 13.8 Å². The highest BCUT2D eigenvalue weighted by Crippen LogP contribution is 2.33. The van der Waals surface area contributed by atoms with Crippen LogP contribution in [0.5, 0.6) is 0 Å². The Balaban J connectivity index is 2.19. The lowest BCUT2D eigenvalue weighted by molar-refractivity contribution is 0.114. The molecule has 66 valence electrons. The molecule has 0 aliphatic heterocycles. The van der Waals surface area contributed by atoms with E-state index in [0.717, 1.165) is 11.8 Å². The zero-order chi connectivity index (χ0) is 8.43. The van der Waals surface area contributed by atoms with Gasteiger partial charge in [0.25, 0.3) is 0 Å². The van der Waals surface area contributed by atoms with E-state index in [1.807, 2.05) is 6.92 Å². The molecule has 0 radical (unpaired) electrons. The van der Waals surface area contributed by atoms with Crippen LogP contribution in [0.1, 0.15) is 27.2 Å². The maximum Gasteiger partial charge on any atom is 0.0582 e. The van der Waals surface area contributed by atoms with Gasteiger partial charge in [0.1, 0.15) is 0 Å². The second-order valence-electron chi connectivity index (χ2n) is 3.93. The summed E-state index contributed by atoms with van der Waals surface area (Å²) in [7, 11) is 0. The number of hydrogen-bond acceptors (Lipinski definition) is 2. The molecule has 0 spiro atoms. The minimum absolute atomic E-state index is 0.248. The number of aliphatic hydroxyl groups is 1. The Hall–Kier alpha value is -0.0800. The standard InChI is InChI=1S/C9H19NO/c1-6-4-9(8(6)3)10-7(2)5-11/h6-11H,4-5H2,1-3H3/t6?,7-,8?,9?/m1/s1. The molecule has 0 amide bonds.